The van der Waals surface area contributed by atoms with Crippen molar-refractivity contribution in [1.29, 1.82) is 0 Å². The maximum absolute atomic E-state index is 5.70. The van der Waals surface area contributed by atoms with Gasteiger partial charge in [0.05, 0.1) is 10.7 Å². The minimum atomic E-state index is 0.0748. The highest BCUT2D eigenvalue weighted by Crippen LogP contribution is 2.44. The van der Waals surface area contributed by atoms with Crippen LogP contribution in [0.3, 0.4) is 0 Å². The molecular weight excluding hydrogens is 302 g/mol. The molecule has 2 aliphatic rings. The largest absolute Gasteiger partial charge is 0.339 e. The zero-order valence-corrected chi connectivity index (χ0v) is 14.7. The third-order valence-corrected chi connectivity index (χ3v) is 8.09. The smallest absolute Gasteiger partial charge is 0.234 e. The van der Waals surface area contributed by atoms with Gasteiger partial charge in [0.25, 0.3) is 0 Å². The zero-order chi connectivity index (χ0) is 14.9. The third-order valence-electron chi connectivity index (χ3n) is 4.71. The number of hydrogen-bond acceptors (Lipinski definition) is 6. The summed E-state index contributed by atoms with van der Waals surface area (Å²) in [5.74, 6) is 2.86. The highest BCUT2D eigenvalue weighted by Gasteiger charge is 2.41. The zero-order valence-electron chi connectivity index (χ0n) is 13.1. The molecule has 2 fully saturated rings. The average molecular weight is 328 g/mol. The second kappa shape index (κ2) is 6.50. The van der Waals surface area contributed by atoms with Gasteiger partial charge in [-0.05, 0) is 19.4 Å². The summed E-state index contributed by atoms with van der Waals surface area (Å²) < 4.78 is 5.70. The Morgan fingerprint density at radius 1 is 1.38 bits per heavy atom. The lowest BCUT2D eigenvalue weighted by Crippen LogP contribution is -2.29. The maximum Gasteiger partial charge on any atom is 0.234 e. The minimum absolute atomic E-state index is 0.0748. The normalized spacial score (nSPS) is 37.0. The van der Waals surface area contributed by atoms with Crippen molar-refractivity contribution < 1.29 is 4.52 Å². The molecule has 2 saturated heterocycles. The third kappa shape index (κ3) is 3.13. The summed E-state index contributed by atoms with van der Waals surface area (Å²) in [4.78, 5) is 4.81. The summed E-state index contributed by atoms with van der Waals surface area (Å²) >= 11 is 4.02. The molecule has 4 atom stereocenters. The second-order valence-corrected chi connectivity index (χ2v) is 9.28. The van der Waals surface area contributed by atoms with Crippen molar-refractivity contribution in [2.75, 3.05) is 18.8 Å². The van der Waals surface area contributed by atoms with E-state index in [2.05, 4.69) is 31.2 Å². The van der Waals surface area contributed by atoms with E-state index < -0.39 is 0 Å². The van der Waals surface area contributed by atoms with E-state index in [1.807, 2.05) is 23.5 Å². The number of thioether (sulfide) groups is 2. The van der Waals surface area contributed by atoms with Crippen molar-refractivity contribution in [1.82, 2.24) is 15.5 Å². The van der Waals surface area contributed by atoms with Gasteiger partial charge in [0.2, 0.25) is 5.89 Å². The van der Waals surface area contributed by atoms with Crippen molar-refractivity contribution in [2.24, 2.45) is 0 Å². The topological polar surface area (TPSA) is 51.0 Å². The Balaban J connectivity index is 1.76. The van der Waals surface area contributed by atoms with Crippen molar-refractivity contribution in [3.8, 4) is 0 Å². The lowest BCUT2D eigenvalue weighted by Gasteiger charge is -2.29. The fraction of sp³-hybridized carbons (Fsp3) is 0.867. The van der Waals surface area contributed by atoms with Crippen LogP contribution in [-0.4, -0.2) is 39.5 Å². The number of nitrogens with one attached hydrogen (secondary N) is 1. The Labute approximate surface area is 135 Å². The first-order chi connectivity index (χ1) is 10.1. The van der Waals surface area contributed by atoms with Gasteiger partial charge in [0, 0.05) is 22.8 Å². The molecule has 2 aliphatic heterocycles. The van der Waals surface area contributed by atoms with Crippen molar-refractivity contribution in [3.63, 3.8) is 0 Å². The molecule has 0 aliphatic carbocycles. The van der Waals surface area contributed by atoms with Crippen LogP contribution >= 0.6 is 23.5 Å². The predicted molar refractivity (Wildman–Crippen MR) is 90.1 cm³/mol. The minimum Gasteiger partial charge on any atom is -0.339 e. The van der Waals surface area contributed by atoms with Gasteiger partial charge in [0.15, 0.2) is 5.82 Å². The molecule has 0 radical (unpaired) electrons. The Kier molecular flexibility index (Phi) is 4.86. The molecule has 0 bridgehead atoms. The standard InChI is InChI=1S/C15H25N3OS2/c1-4-5-15(6-7-16-9-15)14-17-13(18-19-14)12-8-20-10(2)11(3)21-12/h10-12,16H,4-9H2,1-3H3. The quantitative estimate of drug-likeness (QED) is 0.915. The van der Waals surface area contributed by atoms with Gasteiger partial charge in [-0.1, -0.05) is 32.3 Å². The summed E-state index contributed by atoms with van der Waals surface area (Å²) in [5.41, 5.74) is 0.0748. The fourth-order valence-electron chi connectivity index (χ4n) is 3.23. The van der Waals surface area contributed by atoms with E-state index in [4.69, 9.17) is 9.51 Å². The highest BCUT2D eigenvalue weighted by atomic mass is 32.2. The van der Waals surface area contributed by atoms with Gasteiger partial charge < -0.3 is 9.84 Å². The predicted octanol–water partition coefficient (Wildman–Crippen LogP) is 3.40. The summed E-state index contributed by atoms with van der Waals surface area (Å²) in [7, 11) is 0. The molecule has 4 unspecified atom stereocenters. The molecule has 0 aromatic carbocycles. The van der Waals surface area contributed by atoms with Crippen LogP contribution in [0.15, 0.2) is 4.52 Å². The van der Waals surface area contributed by atoms with Gasteiger partial charge in [0.1, 0.15) is 0 Å². The van der Waals surface area contributed by atoms with E-state index in [9.17, 15) is 0 Å². The molecule has 21 heavy (non-hydrogen) atoms. The molecule has 0 amide bonds. The number of nitrogens with zero attached hydrogens (tertiary/aromatic N) is 2. The molecule has 1 aromatic heterocycles. The van der Waals surface area contributed by atoms with Gasteiger partial charge in [-0.15, -0.1) is 11.8 Å². The molecule has 1 N–H and O–H groups in total. The lowest BCUT2D eigenvalue weighted by molar-refractivity contribution is 0.276. The van der Waals surface area contributed by atoms with Crippen LogP contribution in [0, 0.1) is 0 Å². The Bertz CT molecular complexity index is 473. The van der Waals surface area contributed by atoms with Crippen LogP contribution in [0.4, 0.5) is 0 Å². The highest BCUT2D eigenvalue weighted by molar-refractivity contribution is 8.07. The first kappa shape index (κ1) is 15.7. The first-order valence-corrected chi connectivity index (χ1v) is 9.95. The molecule has 3 rings (SSSR count). The molecule has 0 saturated carbocycles. The summed E-state index contributed by atoms with van der Waals surface area (Å²) in [6, 6.07) is 0. The van der Waals surface area contributed by atoms with E-state index >= 15 is 0 Å². The molecular formula is C15H25N3OS2. The Hall–Kier alpha value is -0.200. The van der Waals surface area contributed by atoms with Crippen molar-refractivity contribution >= 4 is 23.5 Å². The van der Waals surface area contributed by atoms with Crippen LogP contribution in [-0.2, 0) is 5.41 Å². The summed E-state index contributed by atoms with van der Waals surface area (Å²) in [6.07, 6.45) is 3.39. The number of rotatable bonds is 4. The molecule has 3 heterocycles. The molecule has 0 spiro atoms. The van der Waals surface area contributed by atoms with Gasteiger partial charge in [-0.2, -0.15) is 16.7 Å². The van der Waals surface area contributed by atoms with E-state index in [-0.39, 0.29) is 5.41 Å². The van der Waals surface area contributed by atoms with Crippen LogP contribution < -0.4 is 5.32 Å². The van der Waals surface area contributed by atoms with Crippen LogP contribution in [0.2, 0.25) is 0 Å². The average Bonchev–Trinajstić information content (AvgIpc) is 3.12. The van der Waals surface area contributed by atoms with E-state index in [0.717, 1.165) is 49.8 Å². The van der Waals surface area contributed by atoms with Crippen molar-refractivity contribution in [2.45, 2.75) is 61.2 Å². The van der Waals surface area contributed by atoms with Gasteiger partial charge in [-0.25, -0.2) is 0 Å². The number of hydrogen-bond donors (Lipinski definition) is 1. The van der Waals surface area contributed by atoms with Crippen LogP contribution in [0.25, 0.3) is 0 Å². The summed E-state index contributed by atoms with van der Waals surface area (Å²) in [5, 5.41) is 9.52. The van der Waals surface area contributed by atoms with E-state index in [1.165, 1.54) is 0 Å². The first-order valence-electron chi connectivity index (χ1n) is 7.96. The Morgan fingerprint density at radius 2 is 2.24 bits per heavy atom. The monoisotopic (exact) mass is 327 g/mol. The summed E-state index contributed by atoms with van der Waals surface area (Å²) in [6.45, 7) is 8.87. The van der Waals surface area contributed by atoms with E-state index in [0.29, 0.717) is 15.7 Å². The van der Waals surface area contributed by atoms with E-state index in [1.54, 1.807) is 0 Å². The second-order valence-electron chi connectivity index (χ2n) is 6.28. The fourth-order valence-corrected chi connectivity index (χ4v) is 6.06. The number of aromatic nitrogens is 2. The maximum atomic E-state index is 5.70. The lowest BCUT2D eigenvalue weighted by atomic mass is 9.82. The molecule has 1 aromatic rings. The molecule has 118 valence electrons. The van der Waals surface area contributed by atoms with Gasteiger partial charge in [-0.3, -0.25) is 0 Å². The Morgan fingerprint density at radius 3 is 2.90 bits per heavy atom. The van der Waals surface area contributed by atoms with Gasteiger partial charge >= 0.3 is 0 Å². The molecule has 6 heteroatoms. The SMILES string of the molecule is CCCC1(c2nc(C3CSC(C)C(C)S3)no2)CCNC1. The van der Waals surface area contributed by atoms with Crippen molar-refractivity contribution in [3.05, 3.63) is 11.7 Å². The van der Waals surface area contributed by atoms with Crippen LogP contribution in [0.5, 0.6) is 0 Å². The molecule has 4 nitrogen and oxygen atoms in total. The van der Waals surface area contributed by atoms with Crippen LogP contribution in [0.1, 0.15) is 57.0 Å².